The Balaban J connectivity index is 1.56. The molecular weight excluding hydrogens is 1100 g/mol. The molecule has 3 saturated heterocycles. The zero-order chi connectivity index (χ0) is 61.8. The number of hydrogen-bond donors (Lipinski definition) is 13. The first-order valence-corrected chi connectivity index (χ1v) is 30.8. The van der Waals surface area contributed by atoms with Gasteiger partial charge < -0.3 is 101 Å². The van der Waals surface area contributed by atoms with Crippen LogP contribution in [0.5, 0.6) is 0 Å². The van der Waals surface area contributed by atoms with E-state index in [1.54, 1.807) is 27.9 Å². The van der Waals surface area contributed by atoms with E-state index in [0.29, 0.717) is 142 Å². The summed E-state index contributed by atoms with van der Waals surface area (Å²) in [7, 11) is 1.60. The molecule has 3 rings (SSSR count). The molecule has 26 heteroatoms. The molecule has 0 saturated carbocycles. The summed E-state index contributed by atoms with van der Waals surface area (Å²) < 4.78 is 39.0. The average molecular weight is 1210 g/mol. The molecule has 0 aromatic rings. The quantitative estimate of drug-likeness (QED) is 0.0353. The smallest absolute Gasteiger partial charge is 0.223 e. The summed E-state index contributed by atoms with van der Waals surface area (Å²) in [4.78, 5) is 79.3. The van der Waals surface area contributed by atoms with Crippen molar-refractivity contribution < 1.29 is 103 Å². The Morgan fingerprint density at radius 3 is 1.40 bits per heavy atom. The number of carbonyl (C=O) groups is 6. The zero-order valence-electron chi connectivity index (χ0n) is 50.2. The number of ketones is 1. The Morgan fingerprint density at radius 1 is 0.476 bits per heavy atom. The van der Waals surface area contributed by atoms with Crippen LogP contribution < -0.4 is 26.6 Å². The first-order valence-electron chi connectivity index (χ1n) is 30.8. The lowest BCUT2D eigenvalue weighted by Crippen LogP contribution is -2.55. The number of nitrogens with one attached hydrogen (secondary N) is 5. The van der Waals surface area contributed by atoms with Crippen molar-refractivity contribution in [3.8, 4) is 0 Å². The molecule has 0 spiro atoms. The Kier molecular flexibility index (Phi) is 38.3. The number of hydrogen-bond acceptors (Lipinski definition) is 21. The van der Waals surface area contributed by atoms with Gasteiger partial charge in [-0.05, 0) is 89.9 Å². The van der Waals surface area contributed by atoms with Crippen LogP contribution in [0.25, 0.3) is 0 Å². The van der Waals surface area contributed by atoms with Crippen molar-refractivity contribution in [2.45, 2.75) is 229 Å². The maximum absolute atomic E-state index is 14.3. The number of aliphatic hydroxyl groups is 8. The van der Waals surface area contributed by atoms with E-state index in [4.69, 9.17) is 33.2 Å². The maximum atomic E-state index is 14.3. The fourth-order valence-corrected chi connectivity index (χ4v) is 10.1. The van der Waals surface area contributed by atoms with E-state index < -0.39 is 111 Å². The summed E-state index contributed by atoms with van der Waals surface area (Å²) in [5.41, 5.74) is 0. The molecule has 3 aliphatic rings. The maximum Gasteiger partial charge on any atom is 0.223 e. The summed E-state index contributed by atoms with van der Waals surface area (Å²) in [6, 6.07) is -0.948. The van der Waals surface area contributed by atoms with Crippen LogP contribution in [-0.4, -0.2) is 229 Å². The van der Waals surface area contributed by atoms with Gasteiger partial charge in [-0.25, -0.2) is 0 Å². The average Bonchev–Trinajstić information content (AvgIpc) is 3.62. The minimum atomic E-state index is -1.27. The van der Waals surface area contributed by atoms with E-state index >= 15 is 0 Å². The monoisotopic (exact) mass is 1210 g/mol. The second-order valence-corrected chi connectivity index (χ2v) is 22.7. The van der Waals surface area contributed by atoms with Crippen LogP contribution in [0.2, 0.25) is 0 Å². The third kappa shape index (κ3) is 28.5. The molecule has 488 valence electrons. The van der Waals surface area contributed by atoms with Gasteiger partial charge in [-0.3, -0.25) is 28.8 Å². The molecule has 3 fully saturated rings. The Morgan fingerprint density at radius 2 is 0.905 bits per heavy atom. The van der Waals surface area contributed by atoms with Gasteiger partial charge in [0, 0.05) is 115 Å². The first-order chi connectivity index (χ1) is 40.3. The lowest BCUT2D eigenvalue weighted by Gasteiger charge is -2.40. The van der Waals surface area contributed by atoms with Crippen molar-refractivity contribution in [1.29, 1.82) is 0 Å². The summed E-state index contributed by atoms with van der Waals surface area (Å²) >= 11 is 0. The molecule has 0 aromatic carbocycles. The largest absolute Gasteiger partial charge is 0.394 e. The number of carbonyl (C=O) groups excluding carboxylic acids is 6. The first kappa shape index (κ1) is 74.7. The molecule has 7 unspecified atom stereocenters. The van der Waals surface area contributed by atoms with Crippen molar-refractivity contribution in [2.24, 2.45) is 23.7 Å². The van der Waals surface area contributed by atoms with E-state index in [1.165, 1.54) is 0 Å². The number of unbranched alkanes of at least 4 members (excludes halogenated alkanes) is 7. The van der Waals surface area contributed by atoms with Gasteiger partial charge in [0.25, 0.3) is 0 Å². The second kappa shape index (κ2) is 43.1. The fraction of sp³-hybridized carbons (Fsp3) is 0.897. The van der Waals surface area contributed by atoms with Gasteiger partial charge in [0.2, 0.25) is 29.5 Å². The molecule has 84 heavy (non-hydrogen) atoms. The van der Waals surface area contributed by atoms with Gasteiger partial charge in [-0.2, -0.15) is 0 Å². The predicted octanol–water partition coefficient (Wildman–Crippen LogP) is -0.126. The van der Waals surface area contributed by atoms with E-state index in [1.807, 2.05) is 0 Å². The Bertz CT molecular complexity index is 1860. The topological polar surface area (TPSA) is 389 Å². The van der Waals surface area contributed by atoms with Gasteiger partial charge >= 0.3 is 0 Å². The SMILES string of the molecule is COCCCNC(=O)CCCCCNC(=O)C(CCCCNC(=O)CCCCO[C@@H]1OC[C@H](O)[C@H](O)C1C)CC(=O)C(CCCCNC(=O)CCCCO[C@@H]1OC(CO)[C@H](O)[C@H](O)C1C)NC(=O)CCCCO[C@@H]1OC(CO)[C@H](O)[C@H](O)C1C. The van der Waals surface area contributed by atoms with Crippen molar-refractivity contribution in [2.75, 3.05) is 79.5 Å². The Hall–Kier alpha value is -3.58. The minimum Gasteiger partial charge on any atom is -0.394 e. The summed E-state index contributed by atoms with van der Waals surface area (Å²) in [6.07, 6.45) is -2.27. The van der Waals surface area contributed by atoms with Gasteiger partial charge in [0.15, 0.2) is 24.7 Å². The van der Waals surface area contributed by atoms with Crippen LogP contribution in [0.15, 0.2) is 0 Å². The lowest BCUT2D eigenvalue weighted by atomic mass is 9.91. The van der Waals surface area contributed by atoms with E-state index in [2.05, 4.69) is 26.6 Å². The van der Waals surface area contributed by atoms with E-state index in [9.17, 15) is 69.6 Å². The number of aliphatic hydroxyl groups excluding tert-OH is 8. The highest BCUT2D eigenvalue weighted by Crippen LogP contribution is 2.29. The van der Waals surface area contributed by atoms with Gasteiger partial charge in [-0.1, -0.05) is 33.6 Å². The number of rotatable bonds is 45. The van der Waals surface area contributed by atoms with E-state index in [0.717, 1.165) is 0 Å². The summed E-state index contributed by atoms with van der Waals surface area (Å²) in [5.74, 6) is -3.71. The summed E-state index contributed by atoms with van der Waals surface area (Å²) in [6.45, 7) is 6.81. The van der Waals surface area contributed by atoms with Gasteiger partial charge in [0.05, 0.1) is 44.2 Å². The van der Waals surface area contributed by atoms with Gasteiger partial charge in [0.1, 0.15) is 30.5 Å². The normalized spacial score (nSPS) is 27.8. The number of methoxy groups -OCH3 is 1. The molecule has 0 aliphatic carbocycles. The predicted molar refractivity (Wildman–Crippen MR) is 304 cm³/mol. The zero-order valence-corrected chi connectivity index (χ0v) is 50.2. The van der Waals surface area contributed by atoms with Crippen molar-refractivity contribution in [3.05, 3.63) is 0 Å². The fourth-order valence-electron chi connectivity index (χ4n) is 10.1. The molecule has 13 N–H and O–H groups in total. The molecule has 0 bridgehead atoms. The van der Waals surface area contributed by atoms with Crippen molar-refractivity contribution >= 4 is 35.3 Å². The molecular formula is C58H105N5O21. The van der Waals surface area contributed by atoms with Crippen LogP contribution in [0.1, 0.15) is 156 Å². The Labute approximate surface area is 495 Å². The molecule has 0 radical (unpaired) electrons. The standard InChI is InChI=1S/C58H105N5O21/c1-37-50(72)43(67)36-82-56(37)79-30-15-9-22-47(69)59-25-13-7-19-40(55(77)62-27-12-5-6-21-46(68)61-28-18-29-78-4)33-42(66)41(63-49(71)24-11-17-32-81-58-39(3)52(74)54(76)45(35-65)84-58)20-8-14-26-60-48(70)23-10-16-31-80-57-38(2)51(73)53(75)44(34-64)83-57/h37-41,43-45,50-54,56-58,64-65,67,72-76H,5-36H2,1-4H3,(H,59,69)(H,60,70)(H,61,68)(H,62,77)(H,63,71)/t37?,38?,39?,40?,41?,43-,44?,45?,50+,51+,52+,53-,54-,56+,57+,58+/m0/s1. The number of ether oxygens (including phenoxy) is 7. The third-order valence-corrected chi connectivity index (χ3v) is 15.7. The van der Waals surface area contributed by atoms with Crippen LogP contribution in [0.3, 0.4) is 0 Å². The third-order valence-electron chi connectivity index (χ3n) is 15.7. The van der Waals surface area contributed by atoms with Crippen LogP contribution in [0, 0.1) is 23.7 Å². The van der Waals surface area contributed by atoms with E-state index in [-0.39, 0.29) is 87.2 Å². The molecule has 26 nitrogen and oxygen atoms in total. The number of amides is 5. The molecule has 5 amide bonds. The van der Waals surface area contributed by atoms with Crippen LogP contribution in [-0.2, 0) is 61.9 Å². The second-order valence-electron chi connectivity index (χ2n) is 22.7. The lowest BCUT2D eigenvalue weighted by molar-refractivity contribution is -0.282. The van der Waals surface area contributed by atoms with Crippen molar-refractivity contribution in [3.63, 3.8) is 0 Å². The molecule has 16 atom stereocenters. The van der Waals surface area contributed by atoms with Gasteiger partial charge in [-0.15, -0.1) is 0 Å². The highest BCUT2D eigenvalue weighted by molar-refractivity contribution is 5.92. The highest BCUT2D eigenvalue weighted by atomic mass is 16.7. The minimum absolute atomic E-state index is 0.0219. The van der Waals surface area contributed by atoms with Crippen LogP contribution >= 0.6 is 0 Å². The summed E-state index contributed by atoms with van der Waals surface area (Å²) in [5, 5.41) is 94.5. The van der Waals surface area contributed by atoms with Crippen LogP contribution in [0.4, 0.5) is 0 Å². The molecule has 0 aromatic heterocycles. The van der Waals surface area contributed by atoms with Crippen molar-refractivity contribution in [1.82, 2.24) is 26.6 Å². The molecule has 3 heterocycles. The number of Topliss-reactive ketones (excluding diaryl/α,β-unsaturated/α-hetero) is 1. The molecule has 3 aliphatic heterocycles. The highest BCUT2D eigenvalue weighted by Gasteiger charge is 2.44.